The molecule has 0 bridgehead atoms. The van der Waals surface area contributed by atoms with E-state index in [0.717, 1.165) is 25.4 Å². The van der Waals surface area contributed by atoms with Crippen molar-refractivity contribution in [3.63, 3.8) is 0 Å². The van der Waals surface area contributed by atoms with Gasteiger partial charge in [0.1, 0.15) is 0 Å². The van der Waals surface area contributed by atoms with Crippen LogP contribution in [0.3, 0.4) is 0 Å². The van der Waals surface area contributed by atoms with Crippen molar-refractivity contribution in [2.45, 2.75) is 31.2 Å². The van der Waals surface area contributed by atoms with Gasteiger partial charge in [0.25, 0.3) is 0 Å². The number of rotatable bonds is 6. The van der Waals surface area contributed by atoms with Crippen LogP contribution in [0.15, 0.2) is 23.0 Å². The third-order valence-corrected chi connectivity index (χ3v) is 4.31. The summed E-state index contributed by atoms with van der Waals surface area (Å²) in [5.41, 5.74) is 1.21. The molecule has 1 fully saturated rings. The second-order valence-corrected chi connectivity index (χ2v) is 5.43. The molecule has 2 atom stereocenters. The first-order valence-electron chi connectivity index (χ1n) is 5.81. The Morgan fingerprint density at radius 1 is 1.56 bits per heavy atom. The quantitative estimate of drug-likeness (QED) is 0.775. The van der Waals surface area contributed by atoms with Crippen molar-refractivity contribution in [3.05, 3.63) is 24.2 Å². The Morgan fingerprint density at radius 2 is 2.50 bits per heavy atom. The third-order valence-electron chi connectivity index (χ3n) is 2.83. The van der Waals surface area contributed by atoms with Gasteiger partial charge in [0.2, 0.25) is 0 Å². The predicted octanol–water partition coefficient (Wildman–Crippen LogP) is 2.28. The molecule has 1 saturated heterocycles. The molecule has 1 aromatic rings. The summed E-state index contributed by atoms with van der Waals surface area (Å²) in [6.07, 6.45) is 5.13. The molecule has 0 aliphatic carbocycles. The number of hydrogen-bond donors (Lipinski definition) is 1. The van der Waals surface area contributed by atoms with E-state index in [-0.39, 0.29) is 0 Å². The fourth-order valence-corrected chi connectivity index (χ4v) is 3.02. The van der Waals surface area contributed by atoms with E-state index in [0.29, 0.717) is 11.4 Å². The van der Waals surface area contributed by atoms with Gasteiger partial charge in [-0.3, -0.25) is 0 Å². The van der Waals surface area contributed by atoms with Crippen LogP contribution in [0.5, 0.6) is 0 Å². The van der Waals surface area contributed by atoms with E-state index in [1.165, 1.54) is 12.0 Å². The topological polar surface area (TPSA) is 34.4 Å². The molecule has 0 amide bonds. The summed E-state index contributed by atoms with van der Waals surface area (Å²) in [6.45, 7) is 5.04. The predicted molar refractivity (Wildman–Crippen MR) is 66.7 cm³/mol. The molecule has 90 valence electrons. The van der Waals surface area contributed by atoms with E-state index in [1.807, 2.05) is 17.8 Å². The van der Waals surface area contributed by atoms with Crippen molar-refractivity contribution >= 4 is 11.8 Å². The molecule has 0 spiro atoms. The van der Waals surface area contributed by atoms with Crippen LogP contribution in [0.1, 0.15) is 18.9 Å². The van der Waals surface area contributed by atoms with Crippen molar-refractivity contribution in [2.75, 3.05) is 18.9 Å². The molecule has 16 heavy (non-hydrogen) atoms. The minimum absolute atomic E-state index is 0.430. The second-order valence-electron chi connectivity index (χ2n) is 4.08. The van der Waals surface area contributed by atoms with E-state index in [2.05, 4.69) is 12.2 Å². The Kier molecular flexibility index (Phi) is 4.75. The molecule has 1 N–H and O–H groups in total. The Bertz CT molecular complexity index is 289. The normalized spacial score (nSPS) is 25.1. The smallest absolute Gasteiger partial charge is 0.0947 e. The zero-order valence-electron chi connectivity index (χ0n) is 9.65. The fourth-order valence-electron chi connectivity index (χ4n) is 1.84. The highest BCUT2D eigenvalue weighted by molar-refractivity contribution is 8.00. The molecule has 0 aromatic carbocycles. The fraction of sp³-hybridized carbons (Fsp3) is 0.667. The summed E-state index contributed by atoms with van der Waals surface area (Å²) in [7, 11) is 0. The molecule has 1 aliphatic rings. The Morgan fingerprint density at radius 3 is 3.19 bits per heavy atom. The van der Waals surface area contributed by atoms with Crippen LogP contribution in [-0.2, 0) is 11.3 Å². The lowest BCUT2D eigenvalue weighted by molar-refractivity contribution is 0.127. The molecule has 2 heterocycles. The van der Waals surface area contributed by atoms with Gasteiger partial charge in [-0.1, -0.05) is 0 Å². The zero-order chi connectivity index (χ0) is 11.2. The lowest BCUT2D eigenvalue weighted by Crippen LogP contribution is -2.20. The monoisotopic (exact) mass is 241 g/mol. The van der Waals surface area contributed by atoms with Gasteiger partial charge in [0.15, 0.2) is 0 Å². The maximum atomic E-state index is 5.53. The lowest BCUT2D eigenvalue weighted by Gasteiger charge is -2.13. The highest BCUT2D eigenvalue weighted by Crippen LogP contribution is 2.25. The molecule has 2 unspecified atom stereocenters. The highest BCUT2D eigenvalue weighted by Gasteiger charge is 2.23. The molecular formula is C12H19NO2S. The van der Waals surface area contributed by atoms with Gasteiger partial charge in [0, 0.05) is 36.3 Å². The van der Waals surface area contributed by atoms with Gasteiger partial charge < -0.3 is 14.5 Å². The van der Waals surface area contributed by atoms with Crippen molar-refractivity contribution in [1.29, 1.82) is 0 Å². The van der Waals surface area contributed by atoms with Crippen molar-refractivity contribution < 1.29 is 9.15 Å². The maximum Gasteiger partial charge on any atom is 0.0947 e. The molecule has 4 heteroatoms. The van der Waals surface area contributed by atoms with Crippen LogP contribution >= 0.6 is 11.8 Å². The van der Waals surface area contributed by atoms with Gasteiger partial charge in [-0.2, -0.15) is 11.8 Å². The summed E-state index contributed by atoms with van der Waals surface area (Å²) in [6, 6.07) is 1.99. The first-order valence-corrected chi connectivity index (χ1v) is 6.86. The Balaban J connectivity index is 1.52. The van der Waals surface area contributed by atoms with Gasteiger partial charge in [0.05, 0.1) is 18.6 Å². The van der Waals surface area contributed by atoms with Crippen LogP contribution in [0, 0.1) is 0 Å². The van der Waals surface area contributed by atoms with Crippen LogP contribution in [-0.4, -0.2) is 30.3 Å². The third kappa shape index (κ3) is 3.54. The Hall–Kier alpha value is -0.450. The number of ether oxygens (including phenoxy) is 1. The van der Waals surface area contributed by atoms with E-state index in [1.54, 1.807) is 12.5 Å². The van der Waals surface area contributed by atoms with E-state index < -0.39 is 0 Å². The minimum atomic E-state index is 0.430. The van der Waals surface area contributed by atoms with Gasteiger partial charge in [-0.05, 0) is 19.4 Å². The van der Waals surface area contributed by atoms with Gasteiger partial charge in [-0.25, -0.2) is 0 Å². The first kappa shape index (κ1) is 12.0. The van der Waals surface area contributed by atoms with Crippen LogP contribution < -0.4 is 5.32 Å². The van der Waals surface area contributed by atoms with Crippen LogP contribution in [0.4, 0.5) is 0 Å². The number of furan rings is 1. The average molecular weight is 241 g/mol. The molecule has 0 radical (unpaired) electrons. The summed E-state index contributed by atoms with van der Waals surface area (Å²) in [5, 5.41) is 4.10. The maximum absolute atomic E-state index is 5.53. The molecular weight excluding hydrogens is 222 g/mol. The number of nitrogens with one attached hydrogen (secondary N) is 1. The molecule has 0 saturated carbocycles. The molecule has 2 rings (SSSR count). The molecule has 1 aromatic heterocycles. The van der Waals surface area contributed by atoms with Crippen molar-refractivity contribution in [2.24, 2.45) is 0 Å². The minimum Gasteiger partial charge on any atom is -0.472 e. The summed E-state index contributed by atoms with van der Waals surface area (Å²) in [5.74, 6) is 1.15. The standard InChI is InChI=1S/C12H19NO2S/c1-10-12(3-6-15-10)16-7-4-13-8-11-2-5-14-9-11/h2,5,9-10,12-13H,3-4,6-8H2,1H3. The van der Waals surface area contributed by atoms with Crippen molar-refractivity contribution in [3.8, 4) is 0 Å². The number of hydrogen-bond acceptors (Lipinski definition) is 4. The summed E-state index contributed by atoms with van der Waals surface area (Å²) in [4.78, 5) is 0. The van der Waals surface area contributed by atoms with Gasteiger partial charge in [-0.15, -0.1) is 0 Å². The highest BCUT2D eigenvalue weighted by atomic mass is 32.2. The average Bonchev–Trinajstić information content (AvgIpc) is 2.90. The van der Waals surface area contributed by atoms with E-state index in [9.17, 15) is 0 Å². The molecule has 3 nitrogen and oxygen atoms in total. The zero-order valence-corrected chi connectivity index (χ0v) is 10.5. The first-order chi connectivity index (χ1) is 7.86. The van der Waals surface area contributed by atoms with Crippen LogP contribution in [0.2, 0.25) is 0 Å². The van der Waals surface area contributed by atoms with Gasteiger partial charge >= 0.3 is 0 Å². The lowest BCUT2D eigenvalue weighted by atomic mass is 10.3. The summed E-state index contributed by atoms with van der Waals surface area (Å²) < 4.78 is 10.5. The van der Waals surface area contributed by atoms with E-state index in [4.69, 9.17) is 9.15 Å². The summed E-state index contributed by atoms with van der Waals surface area (Å²) >= 11 is 2.02. The SMILES string of the molecule is CC1OCCC1SCCNCc1ccoc1. The number of thioether (sulfide) groups is 1. The largest absolute Gasteiger partial charge is 0.472 e. The molecule has 1 aliphatic heterocycles. The Labute approximate surface area is 101 Å². The van der Waals surface area contributed by atoms with Crippen molar-refractivity contribution in [1.82, 2.24) is 5.32 Å². The van der Waals surface area contributed by atoms with Crippen LogP contribution in [0.25, 0.3) is 0 Å². The van der Waals surface area contributed by atoms with E-state index >= 15 is 0 Å². The second kappa shape index (κ2) is 6.33.